The number of rotatable bonds is 7. The fourth-order valence-corrected chi connectivity index (χ4v) is 3.27. The van der Waals surface area contributed by atoms with Gasteiger partial charge in [0.1, 0.15) is 0 Å². The summed E-state index contributed by atoms with van der Waals surface area (Å²) in [5.41, 5.74) is 3.95. The summed E-state index contributed by atoms with van der Waals surface area (Å²) in [5.74, 6) is -0.215. The Bertz CT molecular complexity index is 883. The molecule has 1 aliphatic rings. The van der Waals surface area contributed by atoms with Gasteiger partial charge in [0.05, 0.1) is 11.1 Å². The Labute approximate surface area is 173 Å². The number of amides is 1. The van der Waals surface area contributed by atoms with E-state index in [2.05, 4.69) is 32.5 Å². The maximum Gasteiger partial charge on any atom is 0.270 e. The van der Waals surface area contributed by atoms with Crippen molar-refractivity contribution >= 4 is 35.1 Å². The van der Waals surface area contributed by atoms with Crippen LogP contribution in [0, 0.1) is 10.1 Å². The maximum atomic E-state index is 12.0. The van der Waals surface area contributed by atoms with Crippen molar-refractivity contribution in [2.75, 3.05) is 37.6 Å². The lowest BCUT2D eigenvalue weighted by atomic mass is 10.2. The molecule has 0 spiro atoms. The smallest absolute Gasteiger partial charge is 0.270 e. The lowest BCUT2D eigenvalue weighted by Gasteiger charge is -2.36. The van der Waals surface area contributed by atoms with Gasteiger partial charge in [-0.3, -0.25) is 19.8 Å². The Balaban J connectivity index is 1.41. The molecule has 0 bridgehead atoms. The Morgan fingerprint density at radius 2 is 1.90 bits per heavy atom. The number of anilines is 1. The quantitative estimate of drug-likeness (QED) is 0.426. The number of nitro benzene ring substituents is 1. The highest BCUT2D eigenvalue weighted by molar-refractivity contribution is 6.33. The van der Waals surface area contributed by atoms with Gasteiger partial charge in [0.2, 0.25) is 5.91 Å². The van der Waals surface area contributed by atoms with E-state index in [9.17, 15) is 14.9 Å². The summed E-state index contributed by atoms with van der Waals surface area (Å²) in [6, 6.07) is 14.3. The van der Waals surface area contributed by atoms with E-state index in [1.807, 2.05) is 18.2 Å². The first-order valence-corrected chi connectivity index (χ1v) is 9.69. The molecule has 0 radical (unpaired) electrons. The molecule has 0 atom stereocenters. The molecule has 1 aliphatic heterocycles. The van der Waals surface area contributed by atoms with Crippen molar-refractivity contribution in [1.29, 1.82) is 0 Å². The van der Waals surface area contributed by atoms with E-state index < -0.39 is 4.92 Å². The second-order valence-electron chi connectivity index (χ2n) is 6.67. The number of nitrogens with zero attached hydrogens (tertiary/aromatic N) is 4. The lowest BCUT2D eigenvalue weighted by Crippen LogP contribution is -2.47. The zero-order valence-corrected chi connectivity index (χ0v) is 16.6. The van der Waals surface area contributed by atoms with Crippen LogP contribution in [0.2, 0.25) is 5.02 Å². The van der Waals surface area contributed by atoms with E-state index in [0.29, 0.717) is 23.6 Å². The number of hydrogen-bond donors (Lipinski definition) is 1. The van der Waals surface area contributed by atoms with Crippen molar-refractivity contribution in [2.45, 2.75) is 6.42 Å². The molecule has 8 nitrogen and oxygen atoms in total. The van der Waals surface area contributed by atoms with Crippen LogP contribution in [-0.2, 0) is 4.79 Å². The van der Waals surface area contributed by atoms with Crippen molar-refractivity contribution < 1.29 is 9.72 Å². The minimum absolute atomic E-state index is 0.0863. The third-order valence-corrected chi connectivity index (χ3v) is 5.08. The van der Waals surface area contributed by atoms with Crippen LogP contribution in [0.5, 0.6) is 0 Å². The molecule has 152 valence electrons. The third-order valence-electron chi connectivity index (χ3n) is 4.73. The number of para-hydroxylation sites is 1. The Morgan fingerprint density at radius 3 is 2.59 bits per heavy atom. The molecule has 0 unspecified atom stereocenters. The molecular formula is C20H22ClN5O3. The average Bonchev–Trinajstić information content (AvgIpc) is 2.74. The van der Waals surface area contributed by atoms with Crippen LogP contribution in [0.25, 0.3) is 0 Å². The van der Waals surface area contributed by atoms with Gasteiger partial charge in [-0.15, -0.1) is 0 Å². The average molecular weight is 416 g/mol. The summed E-state index contributed by atoms with van der Waals surface area (Å²) in [6.07, 6.45) is 1.64. The monoisotopic (exact) mass is 415 g/mol. The Hall–Kier alpha value is -2.97. The number of piperazine rings is 1. The molecule has 1 fully saturated rings. The van der Waals surface area contributed by atoms with Crippen LogP contribution < -0.4 is 10.3 Å². The highest BCUT2D eigenvalue weighted by Crippen LogP contribution is 2.20. The van der Waals surface area contributed by atoms with E-state index in [1.54, 1.807) is 0 Å². The van der Waals surface area contributed by atoms with Crippen LogP contribution >= 0.6 is 11.6 Å². The molecule has 1 heterocycles. The van der Waals surface area contributed by atoms with Crippen LogP contribution in [-0.4, -0.2) is 54.7 Å². The molecule has 1 N–H and O–H groups in total. The fraction of sp³-hybridized carbons (Fsp3) is 0.300. The van der Waals surface area contributed by atoms with Gasteiger partial charge in [-0.2, -0.15) is 5.10 Å². The van der Waals surface area contributed by atoms with Gasteiger partial charge < -0.3 is 4.90 Å². The van der Waals surface area contributed by atoms with Crippen molar-refractivity contribution in [3.8, 4) is 0 Å². The van der Waals surface area contributed by atoms with Crippen molar-refractivity contribution in [1.82, 2.24) is 10.3 Å². The minimum atomic E-state index is -0.510. The second-order valence-corrected chi connectivity index (χ2v) is 7.08. The molecule has 0 aliphatic carbocycles. The number of halogens is 1. The molecule has 29 heavy (non-hydrogen) atoms. The molecule has 2 aromatic rings. The standard InChI is InChI=1S/C20H22ClN5O3/c21-19-7-6-18(26(28)29)14-16(19)15-22-23-20(27)8-9-24-10-12-25(13-11-24)17-4-2-1-3-5-17/h1-7,14-15H,8-13H2,(H,23,27)/b22-15+. The predicted molar refractivity (Wildman–Crippen MR) is 114 cm³/mol. The van der Waals surface area contributed by atoms with E-state index in [1.165, 1.54) is 30.1 Å². The van der Waals surface area contributed by atoms with E-state index >= 15 is 0 Å². The van der Waals surface area contributed by atoms with Crippen LogP contribution in [0.3, 0.4) is 0 Å². The predicted octanol–water partition coefficient (Wildman–Crippen LogP) is 2.91. The van der Waals surface area contributed by atoms with Crippen LogP contribution in [0.1, 0.15) is 12.0 Å². The Morgan fingerprint density at radius 1 is 1.17 bits per heavy atom. The van der Waals surface area contributed by atoms with Crippen LogP contribution in [0.4, 0.5) is 11.4 Å². The SMILES string of the molecule is O=C(CCN1CCN(c2ccccc2)CC1)N/N=C/c1cc([N+](=O)[O-])ccc1Cl. The molecule has 0 saturated carbocycles. The largest absolute Gasteiger partial charge is 0.369 e. The third kappa shape index (κ3) is 6.00. The first-order valence-electron chi connectivity index (χ1n) is 9.31. The summed E-state index contributed by atoms with van der Waals surface area (Å²) in [4.78, 5) is 26.9. The molecule has 2 aromatic carbocycles. The zero-order valence-electron chi connectivity index (χ0n) is 15.8. The minimum Gasteiger partial charge on any atom is -0.369 e. The first-order chi connectivity index (χ1) is 14.0. The van der Waals surface area contributed by atoms with E-state index in [-0.39, 0.29) is 11.6 Å². The number of hydrazone groups is 1. The van der Waals surface area contributed by atoms with Crippen molar-refractivity contribution in [2.24, 2.45) is 5.10 Å². The summed E-state index contributed by atoms with van der Waals surface area (Å²) in [6.45, 7) is 4.30. The highest BCUT2D eigenvalue weighted by atomic mass is 35.5. The van der Waals surface area contributed by atoms with Gasteiger partial charge in [0, 0.05) is 67.6 Å². The van der Waals surface area contributed by atoms with Crippen molar-refractivity contribution in [3.05, 3.63) is 69.2 Å². The molecule has 3 rings (SSSR count). The lowest BCUT2D eigenvalue weighted by molar-refractivity contribution is -0.384. The molecule has 1 amide bonds. The first kappa shape index (κ1) is 20.8. The fourth-order valence-electron chi connectivity index (χ4n) is 3.10. The maximum absolute atomic E-state index is 12.0. The molecular weight excluding hydrogens is 394 g/mol. The van der Waals surface area contributed by atoms with E-state index in [4.69, 9.17) is 11.6 Å². The normalized spacial score (nSPS) is 14.9. The Kier molecular flexibility index (Phi) is 7.15. The number of benzene rings is 2. The van der Waals surface area contributed by atoms with Gasteiger partial charge in [-0.05, 0) is 18.2 Å². The van der Waals surface area contributed by atoms with E-state index in [0.717, 1.165) is 26.2 Å². The summed E-state index contributed by atoms with van der Waals surface area (Å²) >= 11 is 6.00. The van der Waals surface area contributed by atoms with Crippen molar-refractivity contribution in [3.63, 3.8) is 0 Å². The van der Waals surface area contributed by atoms with Gasteiger partial charge in [0.15, 0.2) is 0 Å². The zero-order chi connectivity index (χ0) is 20.6. The topological polar surface area (TPSA) is 91.1 Å². The van der Waals surface area contributed by atoms with Gasteiger partial charge in [-0.25, -0.2) is 5.43 Å². The number of carbonyl (C=O) groups excluding carboxylic acids is 1. The van der Waals surface area contributed by atoms with Gasteiger partial charge in [0.25, 0.3) is 5.69 Å². The molecule has 0 aromatic heterocycles. The summed E-state index contributed by atoms with van der Waals surface area (Å²) in [7, 11) is 0. The summed E-state index contributed by atoms with van der Waals surface area (Å²) in [5, 5.41) is 15.0. The second kappa shape index (κ2) is 9.99. The van der Waals surface area contributed by atoms with Crippen LogP contribution in [0.15, 0.2) is 53.6 Å². The molecule has 1 saturated heterocycles. The number of nitro groups is 1. The van der Waals surface area contributed by atoms with Gasteiger partial charge >= 0.3 is 0 Å². The number of hydrogen-bond acceptors (Lipinski definition) is 6. The summed E-state index contributed by atoms with van der Waals surface area (Å²) < 4.78 is 0. The molecule has 9 heteroatoms. The highest BCUT2D eigenvalue weighted by Gasteiger charge is 2.17. The number of non-ortho nitro benzene ring substituents is 1. The van der Waals surface area contributed by atoms with Gasteiger partial charge in [-0.1, -0.05) is 29.8 Å². The number of carbonyl (C=O) groups is 1. The number of nitrogens with one attached hydrogen (secondary N) is 1.